The highest BCUT2D eigenvalue weighted by Crippen LogP contribution is 2.22. The molecule has 0 N–H and O–H groups in total. The molecule has 0 bridgehead atoms. The largest absolute Gasteiger partial charge is 0.465 e. The number of carbonyl (C=O) groups excluding carboxylic acids is 1. The Labute approximate surface area is 139 Å². The van der Waals surface area contributed by atoms with E-state index in [1.165, 1.54) is 31.9 Å². The van der Waals surface area contributed by atoms with Crippen LogP contribution in [0, 0.1) is 6.92 Å². The highest BCUT2D eigenvalue weighted by Gasteiger charge is 2.19. The molecule has 3 nitrogen and oxygen atoms in total. The summed E-state index contributed by atoms with van der Waals surface area (Å²) >= 11 is 0. The van der Waals surface area contributed by atoms with Crippen LogP contribution in [0.25, 0.3) is 0 Å². The number of unbranched alkanes of at least 4 members (excludes halogenated alkanes) is 3. The SMILES string of the molecule is CCCCCCc1cn(Cc2ccccc2)c(C)c1C(=O)OC. The summed E-state index contributed by atoms with van der Waals surface area (Å²) < 4.78 is 7.16. The summed E-state index contributed by atoms with van der Waals surface area (Å²) in [6.07, 6.45) is 7.86. The lowest BCUT2D eigenvalue weighted by Gasteiger charge is -2.07. The van der Waals surface area contributed by atoms with Gasteiger partial charge >= 0.3 is 5.97 Å². The van der Waals surface area contributed by atoms with Gasteiger partial charge in [-0.3, -0.25) is 0 Å². The van der Waals surface area contributed by atoms with E-state index in [1.807, 2.05) is 25.1 Å². The zero-order valence-electron chi connectivity index (χ0n) is 14.5. The van der Waals surface area contributed by atoms with Crippen molar-refractivity contribution in [2.45, 2.75) is 52.5 Å². The molecule has 0 saturated carbocycles. The van der Waals surface area contributed by atoms with Gasteiger partial charge in [-0.1, -0.05) is 56.5 Å². The summed E-state index contributed by atoms with van der Waals surface area (Å²) in [5, 5.41) is 0. The van der Waals surface area contributed by atoms with Crippen LogP contribution in [0.4, 0.5) is 0 Å². The first-order valence-corrected chi connectivity index (χ1v) is 8.48. The maximum atomic E-state index is 12.2. The lowest BCUT2D eigenvalue weighted by Crippen LogP contribution is -2.07. The molecule has 0 spiro atoms. The topological polar surface area (TPSA) is 31.2 Å². The highest BCUT2D eigenvalue weighted by atomic mass is 16.5. The Hall–Kier alpha value is -2.03. The number of carbonyl (C=O) groups is 1. The van der Waals surface area contributed by atoms with Crippen LogP contribution < -0.4 is 0 Å². The van der Waals surface area contributed by atoms with Gasteiger partial charge in [0.15, 0.2) is 0 Å². The molecule has 1 aromatic heterocycles. The monoisotopic (exact) mass is 313 g/mol. The van der Waals surface area contributed by atoms with Crippen LogP contribution >= 0.6 is 0 Å². The van der Waals surface area contributed by atoms with E-state index in [1.54, 1.807) is 0 Å². The van der Waals surface area contributed by atoms with Gasteiger partial charge in [0, 0.05) is 18.4 Å². The second kappa shape index (κ2) is 8.56. The molecule has 3 heteroatoms. The third-order valence-electron chi connectivity index (χ3n) is 4.31. The number of hydrogen-bond donors (Lipinski definition) is 0. The van der Waals surface area contributed by atoms with Gasteiger partial charge in [-0.05, 0) is 30.9 Å². The standard InChI is InChI=1S/C20H27NO2/c1-4-5-6-10-13-18-15-21(14-17-11-8-7-9-12-17)16(2)19(18)20(22)23-3/h7-9,11-12,15H,4-6,10,13-14H2,1-3H3. The van der Waals surface area contributed by atoms with Gasteiger partial charge in [-0.15, -0.1) is 0 Å². The molecule has 0 unspecified atom stereocenters. The Morgan fingerprint density at radius 2 is 1.87 bits per heavy atom. The third kappa shape index (κ3) is 4.47. The molecule has 0 atom stereocenters. The summed E-state index contributed by atoms with van der Waals surface area (Å²) in [5.41, 5.74) is 4.09. The number of methoxy groups -OCH3 is 1. The van der Waals surface area contributed by atoms with Crippen molar-refractivity contribution in [3.63, 3.8) is 0 Å². The minimum Gasteiger partial charge on any atom is -0.465 e. The predicted octanol–water partition coefficient (Wildman–Crippen LogP) is 4.75. The summed E-state index contributed by atoms with van der Waals surface area (Å²) in [6.45, 7) is 5.00. The predicted molar refractivity (Wildman–Crippen MR) is 93.9 cm³/mol. The molecule has 0 fully saturated rings. The van der Waals surface area contributed by atoms with Crippen LogP contribution in [0.1, 0.15) is 59.8 Å². The maximum Gasteiger partial charge on any atom is 0.339 e. The number of rotatable bonds is 8. The van der Waals surface area contributed by atoms with Gasteiger partial charge in [-0.2, -0.15) is 0 Å². The van der Waals surface area contributed by atoms with Crippen molar-refractivity contribution in [1.82, 2.24) is 4.57 Å². The summed E-state index contributed by atoms with van der Waals surface area (Å²) in [5.74, 6) is -0.222. The molecular weight excluding hydrogens is 286 g/mol. The Kier molecular flexibility index (Phi) is 6.45. The van der Waals surface area contributed by atoms with Crippen molar-refractivity contribution in [1.29, 1.82) is 0 Å². The van der Waals surface area contributed by atoms with Gasteiger partial charge in [0.25, 0.3) is 0 Å². The summed E-state index contributed by atoms with van der Waals surface area (Å²) in [4.78, 5) is 12.2. The molecule has 0 aliphatic rings. The summed E-state index contributed by atoms with van der Waals surface area (Å²) in [7, 11) is 1.46. The van der Waals surface area contributed by atoms with Gasteiger partial charge in [0.2, 0.25) is 0 Å². The molecule has 1 aromatic carbocycles. The highest BCUT2D eigenvalue weighted by molar-refractivity contribution is 5.92. The Balaban J connectivity index is 2.22. The first-order valence-electron chi connectivity index (χ1n) is 8.48. The van der Waals surface area contributed by atoms with E-state index in [-0.39, 0.29) is 5.97 Å². The molecular formula is C20H27NO2. The van der Waals surface area contributed by atoms with Crippen LogP contribution in [0.5, 0.6) is 0 Å². The number of ether oxygens (including phenoxy) is 1. The fourth-order valence-electron chi connectivity index (χ4n) is 2.98. The molecule has 0 amide bonds. The van der Waals surface area contributed by atoms with Crippen molar-refractivity contribution < 1.29 is 9.53 Å². The van der Waals surface area contributed by atoms with Crippen molar-refractivity contribution in [2.75, 3.05) is 7.11 Å². The van der Waals surface area contributed by atoms with E-state index in [2.05, 4.69) is 29.8 Å². The Bertz CT molecular complexity index is 629. The first-order chi connectivity index (χ1) is 11.2. The van der Waals surface area contributed by atoms with E-state index in [0.29, 0.717) is 0 Å². The molecule has 0 radical (unpaired) electrons. The fraction of sp³-hybridized carbons (Fsp3) is 0.450. The van der Waals surface area contributed by atoms with Crippen LogP contribution in [-0.2, 0) is 17.7 Å². The molecule has 2 rings (SSSR count). The quantitative estimate of drug-likeness (QED) is 0.520. The fourth-order valence-corrected chi connectivity index (χ4v) is 2.98. The molecule has 0 aliphatic carbocycles. The van der Waals surface area contributed by atoms with Gasteiger partial charge < -0.3 is 9.30 Å². The Morgan fingerprint density at radius 1 is 1.13 bits per heavy atom. The van der Waals surface area contributed by atoms with E-state index in [0.717, 1.165) is 36.2 Å². The third-order valence-corrected chi connectivity index (χ3v) is 4.31. The van der Waals surface area contributed by atoms with Gasteiger partial charge in [0.05, 0.1) is 12.7 Å². The molecule has 1 heterocycles. The van der Waals surface area contributed by atoms with Gasteiger partial charge in [-0.25, -0.2) is 4.79 Å². The Morgan fingerprint density at radius 3 is 2.52 bits per heavy atom. The van der Waals surface area contributed by atoms with Crippen molar-refractivity contribution in [3.05, 3.63) is 58.9 Å². The number of aryl methyl sites for hydroxylation is 1. The van der Waals surface area contributed by atoms with Crippen LogP contribution in [0.3, 0.4) is 0 Å². The second-order valence-electron chi connectivity index (χ2n) is 6.03. The zero-order chi connectivity index (χ0) is 16.7. The van der Waals surface area contributed by atoms with Crippen LogP contribution in [-0.4, -0.2) is 17.6 Å². The number of esters is 1. The lowest BCUT2D eigenvalue weighted by molar-refractivity contribution is 0.0598. The number of nitrogens with zero attached hydrogens (tertiary/aromatic N) is 1. The maximum absolute atomic E-state index is 12.2. The smallest absolute Gasteiger partial charge is 0.339 e. The molecule has 124 valence electrons. The molecule has 0 saturated heterocycles. The number of hydrogen-bond acceptors (Lipinski definition) is 2. The zero-order valence-corrected chi connectivity index (χ0v) is 14.5. The van der Waals surface area contributed by atoms with E-state index in [4.69, 9.17) is 4.74 Å². The average molecular weight is 313 g/mol. The van der Waals surface area contributed by atoms with E-state index in [9.17, 15) is 4.79 Å². The molecule has 0 aliphatic heterocycles. The van der Waals surface area contributed by atoms with Crippen LogP contribution in [0.15, 0.2) is 36.5 Å². The summed E-state index contributed by atoms with van der Waals surface area (Å²) in [6, 6.07) is 10.3. The van der Waals surface area contributed by atoms with Crippen molar-refractivity contribution in [3.8, 4) is 0 Å². The van der Waals surface area contributed by atoms with Crippen molar-refractivity contribution in [2.24, 2.45) is 0 Å². The second-order valence-corrected chi connectivity index (χ2v) is 6.03. The minimum absolute atomic E-state index is 0.222. The van der Waals surface area contributed by atoms with Gasteiger partial charge in [0.1, 0.15) is 0 Å². The minimum atomic E-state index is -0.222. The molecule has 2 aromatic rings. The van der Waals surface area contributed by atoms with E-state index >= 15 is 0 Å². The van der Waals surface area contributed by atoms with Crippen LogP contribution in [0.2, 0.25) is 0 Å². The average Bonchev–Trinajstić information content (AvgIpc) is 2.88. The van der Waals surface area contributed by atoms with E-state index < -0.39 is 0 Å². The van der Waals surface area contributed by atoms with Crippen molar-refractivity contribution >= 4 is 5.97 Å². The lowest BCUT2D eigenvalue weighted by atomic mass is 10.0. The first kappa shape index (κ1) is 17.3. The normalized spacial score (nSPS) is 10.7. The number of aromatic nitrogens is 1. The molecule has 23 heavy (non-hydrogen) atoms. The number of benzene rings is 1.